The van der Waals surface area contributed by atoms with Crippen LogP contribution in [0.5, 0.6) is 0 Å². The summed E-state index contributed by atoms with van der Waals surface area (Å²) >= 11 is 0. The summed E-state index contributed by atoms with van der Waals surface area (Å²) < 4.78 is 7.06. The molecule has 1 fully saturated rings. The second-order valence-corrected chi connectivity index (χ2v) is 7.34. The van der Waals surface area contributed by atoms with E-state index in [1.54, 1.807) is 0 Å². The Hall–Kier alpha value is -0.120. The number of hydrogen-bond donors (Lipinski definition) is 0. The molecular formula is C15H33N2O+. The Morgan fingerprint density at radius 2 is 1.78 bits per heavy atom. The van der Waals surface area contributed by atoms with Crippen LogP contribution in [0.15, 0.2) is 0 Å². The van der Waals surface area contributed by atoms with E-state index in [1.165, 1.54) is 6.42 Å². The fourth-order valence-electron chi connectivity index (χ4n) is 2.71. The third-order valence-electron chi connectivity index (χ3n) is 3.89. The summed E-state index contributed by atoms with van der Waals surface area (Å²) in [6.45, 7) is 12.3. The van der Waals surface area contributed by atoms with Gasteiger partial charge in [-0.25, -0.2) is 0 Å². The normalized spacial score (nSPS) is 26.5. The van der Waals surface area contributed by atoms with Crippen molar-refractivity contribution in [2.75, 3.05) is 40.8 Å². The summed E-state index contributed by atoms with van der Waals surface area (Å²) in [5.41, 5.74) is 0. The number of nitrogens with zero attached hydrogens (tertiary/aromatic N) is 2. The van der Waals surface area contributed by atoms with Gasteiger partial charge in [0.1, 0.15) is 6.54 Å². The Bertz CT molecular complexity index is 229. The fraction of sp³-hybridized carbons (Fsp3) is 1.00. The minimum absolute atomic E-state index is 0.436. The monoisotopic (exact) mass is 257 g/mol. The maximum absolute atomic E-state index is 6.08. The van der Waals surface area contributed by atoms with Gasteiger partial charge < -0.3 is 9.22 Å². The molecule has 0 bridgehead atoms. The molecule has 0 aromatic heterocycles. The molecule has 2 atom stereocenters. The van der Waals surface area contributed by atoms with Crippen LogP contribution in [0.3, 0.4) is 0 Å². The van der Waals surface area contributed by atoms with E-state index < -0.39 is 0 Å². The summed E-state index contributed by atoms with van der Waals surface area (Å²) in [5.74, 6) is 0.722. The number of rotatable bonds is 6. The van der Waals surface area contributed by atoms with Gasteiger partial charge in [-0.05, 0) is 26.2 Å². The van der Waals surface area contributed by atoms with E-state index in [2.05, 4.69) is 53.7 Å². The molecule has 0 aromatic carbocycles. The van der Waals surface area contributed by atoms with E-state index in [0.29, 0.717) is 18.2 Å². The van der Waals surface area contributed by atoms with Gasteiger partial charge in [0.2, 0.25) is 0 Å². The van der Waals surface area contributed by atoms with E-state index in [4.69, 9.17) is 4.74 Å². The molecule has 1 saturated heterocycles. The summed E-state index contributed by atoms with van der Waals surface area (Å²) in [4.78, 5) is 2.61. The average molecular weight is 257 g/mol. The van der Waals surface area contributed by atoms with Crippen molar-refractivity contribution >= 4 is 0 Å². The lowest BCUT2D eigenvalue weighted by molar-refractivity contribution is -0.870. The minimum Gasteiger partial charge on any atom is -0.371 e. The SMILES string of the molecule is CC(C)C1CC(OCC[N+](C)(C)C)CN1C(C)C. The predicted octanol–water partition coefficient (Wildman–Crippen LogP) is 2.22. The molecule has 0 spiro atoms. The lowest BCUT2D eigenvalue weighted by Crippen LogP contribution is -2.39. The van der Waals surface area contributed by atoms with Crippen molar-refractivity contribution in [3.05, 3.63) is 0 Å². The molecular weight excluding hydrogens is 224 g/mol. The highest BCUT2D eigenvalue weighted by Crippen LogP contribution is 2.27. The van der Waals surface area contributed by atoms with E-state index in [9.17, 15) is 0 Å². The van der Waals surface area contributed by atoms with Gasteiger partial charge in [0, 0.05) is 18.6 Å². The van der Waals surface area contributed by atoms with E-state index in [0.717, 1.165) is 30.1 Å². The molecule has 1 aliphatic rings. The molecule has 0 N–H and O–H groups in total. The van der Waals surface area contributed by atoms with Crippen molar-refractivity contribution in [3.8, 4) is 0 Å². The summed E-state index contributed by atoms with van der Waals surface area (Å²) in [5, 5.41) is 0. The summed E-state index contributed by atoms with van der Waals surface area (Å²) in [7, 11) is 6.65. The van der Waals surface area contributed by atoms with E-state index in [1.807, 2.05) is 0 Å². The molecule has 0 aliphatic carbocycles. The van der Waals surface area contributed by atoms with Crippen LogP contribution >= 0.6 is 0 Å². The van der Waals surface area contributed by atoms with Crippen molar-refractivity contribution < 1.29 is 9.22 Å². The number of hydrogen-bond acceptors (Lipinski definition) is 2. The molecule has 0 saturated carbocycles. The molecule has 0 radical (unpaired) electrons. The zero-order valence-corrected chi connectivity index (χ0v) is 13.4. The zero-order chi connectivity index (χ0) is 13.9. The number of likely N-dealkylation sites (N-methyl/N-ethyl adjacent to an activating group) is 1. The van der Waals surface area contributed by atoms with Crippen molar-refractivity contribution in [3.63, 3.8) is 0 Å². The molecule has 1 rings (SSSR count). The maximum Gasteiger partial charge on any atom is 0.102 e. The van der Waals surface area contributed by atoms with Gasteiger partial charge in [-0.3, -0.25) is 4.90 Å². The van der Waals surface area contributed by atoms with E-state index >= 15 is 0 Å². The second-order valence-electron chi connectivity index (χ2n) is 7.34. The quantitative estimate of drug-likeness (QED) is 0.677. The first-order valence-electron chi connectivity index (χ1n) is 7.38. The van der Waals surface area contributed by atoms with Crippen LogP contribution in [0, 0.1) is 5.92 Å². The molecule has 108 valence electrons. The molecule has 0 aromatic rings. The molecule has 1 heterocycles. The van der Waals surface area contributed by atoms with Crippen LogP contribution in [-0.2, 0) is 4.74 Å². The molecule has 3 nitrogen and oxygen atoms in total. The Kier molecular flexibility index (Phi) is 5.63. The van der Waals surface area contributed by atoms with Crippen LogP contribution < -0.4 is 0 Å². The molecule has 0 amide bonds. The standard InChI is InChI=1S/C15H33N2O/c1-12(2)15-10-14(11-16(15)13(3)4)18-9-8-17(5,6)7/h12-15H,8-11H2,1-7H3/q+1. The highest BCUT2D eigenvalue weighted by atomic mass is 16.5. The van der Waals surface area contributed by atoms with Crippen molar-refractivity contribution in [2.24, 2.45) is 5.92 Å². The van der Waals surface area contributed by atoms with Crippen molar-refractivity contribution in [1.29, 1.82) is 0 Å². The average Bonchev–Trinajstić information content (AvgIpc) is 2.60. The maximum atomic E-state index is 6.08. The van der Waals surface area contributed by atoms with Gasteiger partial charge in [0.05, 0.1) is 33.9 Å². The first-order valence-corrected chi connectivity index (χ1v) is 7.38. The summed E-state index contributed by atoms with van der Waals surface area (Å²) in [6.07, 6.45) is 1.64. The van der Waals surface area contributed by atoms with Crippen LogP contribution in [0.25, 0.3) is 0 Å². The first-order chi connectivity index (χ1) is 8.20. The molecule has 2 unspecified atom stereocenters. The van der Waals surface area contributed by atoms with Crippen molar-refractivity contribution in [2.45, 2.75) is 52.3 Å². The minimum atomic E-state index is 0.436. The molecule has 1 aliphatic heterocycles. The molecule has 3 heteroatoms. The second kappa shape index (κ2) is 6.36. The topological polar surface area (TPSA) is 12.5 Å². The smallest absolute Gasteiger partial charge is 0.102 e. The van der Waals surface area contributed by atoms with Gasteiger partial charge in [0.25, 0.3) is 0 Å². The van der Waals surface area contributed by atoms with Gasteiger partial charge in [-0.15, -0.1) is 0 Å². The van der Waals surface area contributed by atoms with Gasteiger partial charge in [0.15, 0.2) is 0 Å². The third kappa shape index (κ3) is 4.87. The number of quaternary nitrogens is 1. The van der Waals surface area contributed by atoms with Gasteiger partial charge in [-0.1, -0.05) is 13.8 Å². The van der Waals surface area contributed by atoms with Crippen LogP contribution in [0.2, 0.25) is 0 Å². The Morgan fingerprint density at radius 1 is 1.17 bits per heavy atom. The fourth-order valence-corrected chi connectivity index (χ4v) is 2.71. The van der Waals surface area contributed by atoms with Gasteiger partial charge >= 0.3 is 0 Å². The highest BCUT2D eigenvalue weighted by molar-refractivity contribution is 4.89. The third-order valence-corrected chi connectivity index (χ3v) is 3.89. The summed E-state index contributed by atoms with van der Waals surface area (Å²) in [6, 6.07) is 1.32. The Morgan fingerprint density at radius 3 is 2.17 bits per heavy atom. The van der Waals surface area contributed by atoms with Crippen LogP contribution in [0.1, 0.15) is 34.1 Å². The van der Waals surface area contributed by atoms with E-state index in [-0.39, 0.29) is 0 Å². The Balaban J connectivity index is 2.41. The van der Waals surface area contributed by atoms with Crippen LogP contribution in [-0.4, -0.2) is 68.4 Å². The predicted molar refractivity (Wildman–Crippen MR) is 77.7 cm³/mol. The first kappa shape index (κ1) is 15.9. The van der Waals surface area contributed by atoms with Crippen molar-refractivity contribution in [1.82, 2.24) is 4.90 Å². The van der Waals surface area contributed by atoms with Gasteiger partial charge in [-0.2, -0.15) is 0 Å². The highest BCUT2D eigenvalue weighted by Gasteiger charge is 2.35. The lowest BCUT2D eigenvalue weighted by atomic mass is 10.0. The van der Waals surface area contributed by atoms with Crippen LogP contribution in [0.4, 0.5) is 0 Å². The molecule has 18 heavy (non-hydrogen) atoms. The largest absolute Gasteiger partial charge is 0.371 e. The number of ether oxygens (including phenoxy) is 1. The lowest BCUT2D eigenvalue weighted by Gasteiger charge is -2.30. The Labute approximate surface area is 114 Å². The zero-order valence-electron chi connectivity index (χ0n) is 13.4. The number of likely N-dealkylation sites (tertiary alicyclic amines) is 1.